The van der Waals surface area contributed by atoms with E-state index < -0.39 is 36.3 Å². The predicted octanol–water partition coefficient (Wildman–Crippen LogP) is -1.72. The molecule has 18 heavy (non-hydrogen) atoms. The SMILES string of the molecule is CC(C(=O)N[C@H](CC(N)=O)C(=O)O)n1cncn1. The zero-order valence-corrected chi connectivity index (χ0v) is 9.61. The van der Waals surface area contributed by atoms with E-state index in [1.54, 1.807) is 0 Å². The number of rotatable bonds is 6. The van der Waals surface area contributed by atoms with Crippen molar-refractivity contribution in [2.45, 2.75) is 25.4 Å². The maximum atomic E-state index is 11.7. The molecular formula is C9H13N5O4. The summed E-state index contributed by atoms with van der Waals surface area (Å²) in [5.41, 5.74) is 4.90. The van der Waals surface area contributed by atoms with Crippen LogP contribution in [-0.2, 0) is 14.4 Å². The van der Waals surface area contributed by atoms with Crippen LogP contribution in [0.5, 0.6) is 0 Å². The number of carboxylic acid groups (broad SMARTS) is 1. The van der Waals surface area contributed by atoms with Crippen molar-refractivity contribution in [1.29, 1.82) is 0 Å². The molecule has 0 aromatic carbocycles. The summed E-state index contributed by atoms with van der Waals surface area (Å²) in [6, 6.07) is -2.08. The molecule has 2 amide bonds. The smallest absolute Gasteiger partial charge is 0.326 e. The standard InChI is InChI=1S/C9H13N5O4/c1-5(14-4-11-3-12-14)8(16)13-6(9(17)18)2-7(10)15/h3-6H,2H2,1H3,(H2,10,15)(H,13,16)(H,17,18)/t5?,6-/m1/s1. The third kappa shape index (κ3) is 3.54. The molecule has 0 spiro atoms. The first-order chi connectivity index (χ1) is 8.41. The van der Waals surface area contributed by atoms with Crippen LogP contribution in [0.15, 0.2) is 12.7 Å². The predicted molar refractivity (Wildman–Crippen MR) is 58.1 cm³/mol. The van der Waals surface area contributed by atoms with Gasteiger partial charge in [0.2, 0.25) is 11.8 Å². The van der Waals surface area contributed by atoms with Crippen LogP contribution in [0.1, 0.15) is 19.4 Å². The Morgan fingerprint density at radius 1 is 1.50 bits per heavy atom. The quantitative estimate of drug-likeness (QED) is 0.552. The van der Waals surface area contributed by atoms with E-state index in [9.17, 15) is 14.4 Å². The fourth-order valence-corrected chi connectivity index (χ4v) is 1.23. The summed E-state index contributed by atoms with van der Waals surface area (Å²) in [4.78, 5) is 36.9. The lowest BCUT2D eigenvalue weighted by atomic mass is 10.2. The highest BCUT2D eigenvalue weighted by molar-refractivity contribution is 5.89. The fraction of sp³-hybridized carbons (Fsp3) is 0.444. The molecule has 0 saturated heterocycles. The number of carbonyl (C=O) groups is 3. The average Bonchev–Trinajstić information content (AvgIpc) is 2.79. The van der Waals surface area contributed by atoms with Crippen molar-refractivity contribution in [2.75, 3.05) is 0 Å². The van der Waals surface area contributed by atoms with E-state index in [1.807, 2.05) is 0 Å². The Morgan fingerprint density at radius 2 is 2.17 bits per heavy atom. The molecule has 4 N–H and O–H groups in total. The summed E-state index contributed by atoms with van der Waals surface area (Å²) >= 11 is 0. The number of primary amides is 1. The lowest BCUT2D eigenvalue weighted by Crippen LogP contribution is -2.45. The molecule has 1 rings (SSSR count). The summed E-state index contributed by atoms with van der Waals surface area (Å²) in [6.07, 6.45) is 2.11. The van der Waals surface area contributed by atoms with Crippen molar-refractivity contribution < 1.29 is 19.5 Å². The lowest BCUT2D eigenvalue weighted by molar-refractivity contribution is -0.143. The van der Waals surface area contributed by atoms with E-state index in [-0.39, 0.29) is 0 Å². The Bertz CT molecular complexity index is 444. The minimum atomic E-state index is -1.35. The molecule has 0 aliphatic rings. The van der Waals surface area contributed by atoms with Gasteiger partial charge in [0.05, 0.1) is 6.42 Å². The third-order valence-electron chi connectivity index (χ3n) is 2.23. The van der Waals surface area contributed by atoms with Gasteiger partial charge in [-0.15, -0.1) is 0 Å². The molecule has 9 nitrogen and oxygen atoms in total. The van der Waals surface area contributed by atoms with Crippen LogP contribution in [0.2, 0.25) is 0 Å². The largest absolute Gasteiger partial charge is 0.480 e. The number of nitrogens with one attached hydrogen (secondary N) is 1. The van der Waals surface area contributed by atoms with Gasteiger partial charge in [-0.1, -0.05) is 0 Å². The molecule has 0 aliphatic carbocycles. The molecule has 0 aliphatic heterocycles. The van der Waals surface area contributed by atoms with Crippen LogP contribution in [0, 0.1) is 0 Å². The first-order valence-corrected chi connectivity index (χ1v) is 5.07. The number of amides is 2. The van der Waals surface area contributed by atoms with Gasteiger partial charge < -0.3 is 16.2 Å². The highest BCUT2D eigenvalue weighted by Crippen LogP contribution is 2.03. The molecule has 1 unspecified atom stereocenters. The topological polar surface area (TPSA) is 140 Å². The molecule has 1 heterocycles. The van der Waals surface area contributed by atoms with Crippen LogP contribution < -0.4 is 11.1 Å². The second-order valence-corrected chi connectivity index (χ2v) is 3.62. The van der Waals surface area contributed by atoms with Gasteiger partial charge >= 0.3 is 5.97 Å². The number of carboxylic acids is 1. The van der Waals surface area contributed by atoms with Crippen LogP contribution in [0.4, 0.5) is 0 Å². The van der Waals surface area contributed by atoms with E-state index in [1.165, 1.54) is 24.3 Å². The first-order valence-electron chi connectivity index (χ1n) is 5.07. The zero-order valence-electron chi connectivity index (χ0n) is 9.61. The zero-order chi connectivity index (χ0) is 13.7. The Kier molecular flexibility index (Phi) is 4.35. The summed E-state index contributed by atoms with van der Waals surface area (Å²) in [5, 5.41) is 14.8. The van der Waals surface area contributed by atoms with E-state index in [0.717, 1.165) is 0 Å². The van der Waals surface area contributed by atoms with Crippen molar-refractivity contribution in [3.05, 3.63) is 12.7 Å². The second-order valence-electron chi connectivity index (χ2n) is 3.62. The molecule has 0 saturated carbocycles. The summed E-state index contributed by atoms with van der Waals surface area (Å²) in [6.45, 7) is 1.52. The Balaban J connectivity index is 2.66. The second kappa shape index (κ2) is 5.75. The van der Waals surface area contributed by atoms with Gasteiger partial charge in [-0.3, -0.25) is 9.59 Å². The molecule has 1 aromatic heterocycles. The highest BCUT2D eigenvalue weighted by Gasteiger charge is 2.25. The number of hydrogen-bond acceptors (Lipinski definition) is 5. The summed E-state index contributed by atoms with van der Waals surface area (Å²) < 4.78 is 1.26. The summed E-state index contributed by atoms with van der Waals surface area (Å²) in [5.74, 6) is -2.72. The molecule has 0 radical (unpaired) electrons. The number of nitrogens with zero attached hydrogens (tertiary/aromatic N) is 3. The summed E-state index contributed by atoms with van der Waals surface area (Å²) in [7, 11) is 0. The molecular weight excluding hydrogens is 242 g/mol. The number of carbonyl (C=O) groups excluding carboxylic acids is 2. The fourth-order valence-electron chi connectivity index (χ4n) is 1.23. The van der Waals surface area contributed by atoms with Crippen LogP contribution in [-0.4, -0.2) is 43.7 Å². The van der Waals surface area contributed by atoms with Crippen molar-refractivity contribution in [3.8, 4) is 0 Å². The van der Waals surface area contributed by atoms with Crippen LogP contribution >= 0.6 is 0 Å². The first kappa shape index (κ1) is 13.6. The molecule has 9 heteroatoms. The van der Waals surface area contributed by atoms with Gasteiger partial charge in [0, 0.05) is 0 Å². The molecule has 0 fully saturated rings. The van der Waals surface area contributed by atoms with E-state index >= 15 is 0 Å². The molecule has 98 valence electrons. The van der Waals surface area contributed by atoms with Gasteiger partial charge in [-0.25, -0.2) is 14.5 Å². The van der Waals surface area contributed by atoms with E-state index in [4.69, 9.17) is 10.8 Å². The number of aliphatic carboxylic acids is 1. The molecule has 0 bridgehead atoms. The minimum Gasteiger partial charge on any atom is -0.480 e. The van der Waals surface area contributed by atoms with Crippen molar-refractivity contribution in [2.24, 2.45) is 5.73 Å². The van der Waals surface area contributed by atoms with Crippen molar-refractivity contribution >= 4 is 17.8 Å². The van der Waals surface area contributed by atoms with Crippen molar-refractivity contribution in [3.63, 3.8) is 0 Å². The monoisotopic (exact) mass is 255 g/mol. The normalized spacial score (nSPS) is 13.6. The van der Waals surface area contributed by atoms with E-state index in [0.29, 0.717) is 0 Å². The van der Waals surface area contributed by atoms with Gasteiger partial charge in [0.25, 0.3) is 0 Å². The minimum absolute atomic E-state index is 0.467. The number of hydrogen-bond donors (Lipinski definition) is 3. The third-order valence-corrected chi connectivity index (χ3v) is 2.23. The Hall–Kier alpha value is -2.45. The van der Waals surface area contributed by atoms with Gasteiger partial charge in [0.15, 0.2) is 0 Å². The maximum absolute atomic E-state index is 11.7. The molecule has 1 aromatic rings. The van der Waals surface area contributed by atoms with E-state index in [2.05, 4.69) is 15.4 Å². The van der Waals surface area contributed by atoms with Gasteiger partial charge in [-0.05, 0) is 6.92 Å². The molecule has 2 atom stereocenters. The number of nitrogens with two attached hydrogens (primary N) is 1. The van der Waals surface area contributed by atoms with Gasteiger partial charge in [-0.2, -0.15) is 5.10 Å². The van der Waals surface area contributed by atoms with Crippen molar-refractivity contribution in [1.82, 2.24) is 20.1 Å². The highest BCUT2D eigenvalue weighted by atomic mass is 16.4. The maximum Gasteiger partial charge on any atom is 0.326 e. The van der Waals surface area contributed by atoms with Crippen LogP contribution in [0.3, 0.4) is 0 Å². The Morgan fingerprint density at radius 3 is 2.61 bits per heavy atom. The lowest BCUT2D eigenvalue weighted by Gasteiger charge is -2.16. The van der Waals surface area contributed by atoms with Crippen LogP contribution in [0.25, 0.3) is 0 Å². The average molecular weight is 255 g/mol. The number of aromatic nitrogens is 3. The van der Waals surface area contributed by atoms with Gasteiger partial charge in [0.1, 0.15) is 24.7 Å². The Labute approximate surface area is 102 Å².